The minimum atomic E-state index is -0.0691. The number of nitrogens with zero attached hydrogens (tertiary/aromatic N) is 2. The van der Waals surface area contributed by atoms with Gasteiger partial charge in [0.2, 0.25) is 0 Å². The molecule has 0 aliphatic rings. The maximum Gasteiger partial charge on any atom is 0.254 e. The Bertz CT molecular complexity index is 608. The summed E-state index contributed by atoms with van der Waals surface area (Å²) < 4.78 is 1.02. The van der Waals surface area contributed by atoms with Crippen molar-refractivity contribution in [3.8, 4) is 0 Å². The Morgan fingerprint density at radius 2 is 1.95 bits per heavy atom. The smallest absolute Gasteiger partial charge is 0.254 e. The van der Waals surface area contributed by atoms with Crippen LogP contribution in [0.15, 0.2) is 40.9 Å². The van der Waals surface area contributed by atoms with Crippen LogP contribution in [0.25, 0.3) is 0 Å². The van der Waals surface area contributed by atoms with E-state index in [0.717, 1.165) is 15.7 Å². The van der Waals surface area contributed by atoms with Gasteiger partial charge in [-0.1, -0.05) is 39.7 Å². The molecule has 0 spiro atoms. The second-order valence-electron chi connectivity index (χ2n) is 4.61. The van der Waals surface area contributed by atoms with E-state index in [9.17, 15) is 4.79 Å². The van der Waals surface area contributed by atoms with Gasteiger partial charge in [-0.25, -0.2) is 4.98 Å². The molecule has 0 radical (unpaired) electrons. The third-order valence-corrected chi connectivity index (χ3v) is 3.57. The molecule has 1 aromatic heterocycles. The number of rotatable bonds is 3. The molecule has 20 heavy (non-hydrogen) atoms. The van der Waals surface area contributed by atoms with Crippen molar-refractivity contribution in [3.05, 3.63) is 62.8 Å². The molecule has 1 amide bonds. The van der Waals surface area contributed by atoms with E-state index < -0.39 is 0 Å². The van der Waals surface area contributed by atoms with Crippen LogP contribution in [0.4, 0.5) is 0 Å². The lowest BCUT2D eigenvalue weighted by atomic mass is 10.2. The SMILES string of the molecule is Cc1cc(C(=O)N(C)Cc2ccc(Br)cc2)cc(Cl)n1. The van der Waals surface area contributed by atoms with Crippen LogP contribution >= 0.6 is 27.5 Å². The van der Waals surface area contributed by atoms with E-state index in [1.807, 2.05) is 31.2 Å². The fourth-order valence-corrected chi connectivity index (χ4v) is 2.42. The van der Waals surface area contributed by atoms with Gasteiger partial charge in [-0.3, -0.25) is 4.79 Å². The molecule has 0 saturated carbocycles. The quantitative estimate of drug-likeness (QED) is 0.779. The minimum absolute atomic E-state index is 0.0691. The van der Waals surface area contributed by atoms with Gasteiger partial charge in [0, 0.05) is 29.3 Å². The average molecular weight is 354 g/mol. The molecular weight excluding hydrogens is 340 g/mol. The summed E-state index contributed by atoms with van der Waals surface area (Å²) in [6.07, 6.45) is 0. The predicted octanol–water partition coefficient (Wildman–Crippen LogP) is 4.08. The zero-order chi connectivity index (χ0) is 14.7. The van der Waals surface area contributed by atoms with Crippen LogP contribution in [0.5, 0.6) is 0 Å². The van der Waals surface area contributed by atoms with Crippen molar-refractivity contribution in [1.29, 1.82) is 0 Å². The molecular formula is C15H14BrClN2O. The Balaban J connectivity index is 2.14. The van der Waals surface area contributed by atoms with Gasteiger partial charge in [0.1, 0.15) is 5.15 Å². The summed E-state index contributed by atoms with van der Waals surface area (Å²) in [5.41, 5.74) is 2.36. The first kappa shape index (κ1) is 15.0. The van der Waals surface area contributed by atoms with E-state index in [-0.39, 0.29) is 5.91 Å². The summed E-state index contributed by atoms with van der Waals surface area (Å²) in [6.45, 7) is 2.36. The topological polar surface area (TPSA) is 33.2 Å². The van der Waals surface area contributed by atoms with Crippen molar-refractivity contribution in [1.82, 2.24) is 9.88 Å². The highest BCUT2D eigenvalue weighted by Crippen LogP contribution is 2.15. The molecule has 1 heterocycles. The first-order valence-electron chi connectivity index (χ1n) is 6.10. The lowest BCUT2D eigenvalue weighted by molar-refractivity contribution is 0.0785. The molecule has 3 nitrogen and oxygen atoms in total. The molecule has 0 fully saturated rings. The fraction of sp³-hybridized carbons (Fsp3) is 0.200. The summed E-state index contributed by atoms with van der Waals surface area (Å²) in [5, 5.41) is 0.338. The Hall–Kier alpha value is -1.39. The van der Waals surface area contributed by atoms with Crippen LogP contribution in [-0.4, -0.2) is 22.8 Å². The summed E-state index contributed by atoms with van der Waals surface area (Å²) in [4.78, 5) is 18.1. The number of hydrogen-bond acceptors (Lipinski definition) is 2. The Labute approximate surface area is 131 Å². The molecule has 5 heteroatoms. The van der Waals surface area contributed by atoms with Crippen LogP contribution in [-0.2, 0) is 6.54 Å². The number of carbonyl (C=O) groups is 1. The number of benzene rings is 1. The molecule has 0 aliphatic carbocycles. The van der Waals surface area contributed by atoms with Gasteiger partial charge in [0.25, 0.3) is 5.91 Å². The highest BCUT2D eigenvalue weighted by atomic mass is 79.9. The van der Waals surface area contributed by atoms with Gasteiger partial charge in [0.05, 0.1) is 0 Å². The monoisotopic (exact) mass is 352 g/mol. The van der Waals surface area contributed by atoms with Gasteiger partial charge in [-0.15, -0.1) is 0 Å². The standard InChI is InChI=1S/C15H14BrClN2O/c1-10-7-12(8-14(17)18-10)15(20)19(2)9-11-3-5-13(16)6-4-11/h3-8H,9H2,1-2H3. The second kappa shape index (κ2) is 6.37. The van der Waals surface area contributed by atoms with E-state index >= 15 is 0 Å². The fourth-order valence-electron chi connectivity index (χ4n) is 1.91. The number of pyridine rings is 1. The molecule has 0 saturated heterocycles. The van der Waals surface area contributed by atoms with Crippen molar-refractivity contribution in [2.75, 3.05) is 7.05 Å². The summed E-state index contributed by atoms with van der Waals surface area (Å²) in [7, 11) is 1.77. The van der Waals surface area contributed by atoms with E-state index in [1.54, 1.807) is 24.1 Å². The van der Waals surface area contributed by atoms with Crippen molar-refractivity contribution in [2.24, 2.45) is 0 Å². The largest absolute Gasteiger partial charge is 0.337 e. The lowest BCUT2D eigenvalue weighted by Gasteiger charge is -2.17. The van der Waals surface area contributed by atoms with Gasteiger partial charge < -0.3 is 4.90 Å². The minimum Gasteiger partial charge on any atom is -0.337 e. The highest BCUT2D eigenvalue weighted by molar-refractivity contribution is 9.10. The van der Waals surface area contributed by atoms with Gasteiger partial charge in [-0.2, -0.15) is 0 Å². The molecule has 0 bridgehead atoms. The van der Waals surface area contributed by atoms with Gasteiger partial charge in [-0.05, 0) is 36.8 Å². The van der Waals surface area contributed by atoms with Crippen molar-refractivity contribution in [2.45, 2.75) is 13.5 Å². The summed E-state index contributed by atoms with van der Waals surface area (Å²) in [5.74, 6) is -0.0691. The number of aryl methyl sites for hydroxylation is 1. The normalized spacial score (nSPS) is 10.4. The molecule has 2 rings (SSSR count). The summed E-state index contributed by atoms with van der Waals surface area (Å²) in [6, 6.07) is 11.2. The first-order valence-corrected chi connectivity index (χ1v) is 7.27. The van der Waals surface area contributed by atoms with E-state index in [0.29, 0.717) is 17.3 Å². The molecule has 1 aromatic carbocycles. The number of carbonyl (C=O) groups excluding carboxylic acids is 1. The van der Waals surface area contributed by atoms with Gasteiger partial charge in [0.15, 0.2) is 0 Å². The zero-order valence-electron chi connectivity index (χ0n) is 11.2. The van der Waals surface area contributed by atoms with Crippen LogP contribution in [0.1, 0.15) is 21.6 Å². The lowest BCUT2D eigenvalue weighted by Crippen LogP contribution is -2.26. The van der Waals surface area contributed by atoms with E-state index in [2.05, 4.69) is 20.9 Å². The third-order valence-electron chi connectivity index (χ3n) is 2.85. The van der Waals surface area contributed by atoms with Crippen LogP contribution < -0.4 is 0 Å². The average Bonchev–Trinajstić information content (AvgIpc) is 2.39. The molecule has 0 atom stereocenters. The molecule has 104 valence electrons. The van der Waals surface area contributed by atoms with Crippen molar-refractivity contribution < 1.29 is 4.79 Å². The van der Waals surface area contributed by atoms with Gasteiger partial charge >= 0.3 is 0 Å². The second-order valence-corrected chi connectivity index (χ2v) is 5.91. The van der Waals surface area contributed by atoms with E-state index in [4.69, 9.17) is 11.6 Å². The van der Waals surface area contributed by atoms with Crippen LogP contribution in [0, 0.1) is 6.92 Å². The first-order chi connectivity index (χ1) is 9.45. The number of halogens is 2. The number of aromatic nitrogens is 1. The Morgan fingerprint density at radius 3 is 2.55 bits per heavy atom. The summed E-state index contributed by atoms with van der Waals surface area (Å²) >= 11 is 9.28. The molecule has 0 N–H and O–H groups in total. The van der Waals surface area contributed by atoms with Crippen molar-refractivity contribution in [3.63, 3.8) is 0 Å². The maximum atomic E-state index is 12.4. The Morgan fingerprint density at radius 1 is 1.30 bits per heavy atom. The molecule has 0 aliphatic heterocycles. The predicted molar refractivity (Wildman–Crippen MR) is 83.9 cm³/mol. The van der Waals surface area contributed by atoms with E-state index in [1.165, 1.54) is 0 Å². The highest BCUT2D eigenvalue weighted by Gasteiger charge is 2.13. The Kier molecular flexibility index (Phi) is 4.78. The zero-order valence-corrected chi connectivity index (χ0v) is 13.6. The number of hydrogen-bond donors (Lipinski definition) is 0. The molecule has 0 unspecified atom stereocenters. The third kappa shape index (κ3) is 3.81. The van der Waals surface area contributed by atoms with Crippen LogP contribution in [0.2, 0.25) is 5.15 Å². The van der Waals surface area contributed by atoms with Crippen molar-refractivity contribution >= 4 is 33.4 Å². The number of amides is 1. The maximum absolute atomic E-state index is 12.4. The molecule has 2 aromatic rings. The van der Waals surface area contributed by atoms with Crippen LogP contribution in [0.3, 0.4) is 0 Å².